The van der Waals surface area contributed by atoms with Gasteiger partial charge in [0.25, 0.3) is 5.91 Å². The number of benzene rings is 4. The second-order valence-electron chi connectivity index (χ2n) is 14.2. The minimum atomic E-state index is -0.876. The lowest BCUT2D eigenvalue weighted by atomic mass is 10.0. The number of carbonyl (C=O) groups excluding carboxylic acids is 3. The van der Waals surface area contributed by atoms with Crippen LogP contribution in [-0.4, -0.2) is 67.8 Å². The zero-order valence-electron chi connectivity index (χ0n) is 31.0. The maximum Gasteiger partial charge on any atom is 0.407 e. The molecule has 3 atom stereocenters. The van der Waals surface area contributed by atoms with E-state index >= 15 is 0 Å². The Balaban J connectivity index is 0.935. The summed E-state index contributed by atoms with van der Waals surface area (Å²) in [6.45, 7) is 1.26. The number of imidazole rings is 2. The summed E-state index contributed by atoms with van der Waals surface area (Å²) in [5.41, 5.74) is 7.14. The van der Waals surface area contributed by atoms with Gasteiger partial charge in [0.2, 0.25) is 5.91 Å². The molecule has 4 aromatic carbocycles. The summed E-state index contributed by atoms with van der Waals surface area (Å²) in [7, 11) is 1.28. The molecule has 8 rings (SSSR count). The first-order valence-electron chi connectivity index (χ1n) is 18.9. The molecule has 3 N–H and O–H groups in total. The van der Waals surface area contributed by atoms with Crippen LogP contribution in [0.25, 0.3) is 33.6 Å². The van der Waals surface area contributed by atoms with Crippen LogP contribution < -0.4 is 5.32 Å². The Labute approximate surface area is 330 Å². The van der Waals surface area contributed by atoms with Crippen molar-refractivity contribution in [1.82, 2.24) is 35.1 Å². The first-order chi connectivity index (χ1) is 27.4. The van der Waals surface area contributed by atoms with Crippen molar-refractivity contribution in [1.29, 1.82) is 0 Å². The standard InChI is InChI=1S/C44H42ClN7O4/c1-56-44(55)49-39(32-12-6-3-7-13-32)43(54)52-25-9-14-35(52)41-46-27-34(47-41)31-20-16-29(17-21-31)30-18-22-33(23-19-30)38-40(45)50-42(48-38)36-15-8-24-51(36)37(53)26-28-10-4-2-5-11-28/h2-7,10-13,16-23,27,35-36,39H,8-9,14-15,24-26H2,1H3,(H,46,47)(H,48,50)(H,49,55)/t35-,36-,39?/m0/s1. The number of methoxy groups -OCH3 is 1. The van der Waals surface area contributed by atoms with E-state index in [4.69, 9.17) is 26.3 Å². The molecule has 2 saturated heterocycles. The number of nitrogens with zero attached hydrogens (tertiary/aromatic N) is 4. The predicted octanol–water partition coefficient (Wildman–Crippen LogP) is 8.45. The van der Waals surface area contributed by atoms with Crippen LogP contribution in [0.15, 0.2) is 115 Å². The van der Waals surface area contributed by atoms with Gasteiger partial charge >= 0.3 is 6.09 Å². The van der Waals surface area contributed by atoms with E-state index in [-0.39, 0.29) is 23.9 Å². The average molecular weight is 768 g/mol. The lowest BCUT2D eigenvalue weighted by Gasteiger charge is -2.28. The molecule has 56 heavy (non-hydrogen) atoms. The Morgan fingerprint density at radius 3 is 2.02 bits per heavy atom. The third kappa shape index (κ3) is 7.67. The highest BCUT2D eigenvalue weighted by atomic mass is 35.5. The van der Waals surface area contributed by atoms with E-state index in [1.54, 1.807) is 11.1 Å². The van der Waals surface area contributed by atoms with E-state index in [1.807, 2.05) is 89.8 Å². The molecule has 11 nitrogen and oxygen atoms in total. The van der Waals surface area contributed by atoms with Gasteiger partial charge < -0.3 is 29.8 Å². The number of carbonyl (C=O) groups is 3. The van der Waals surface area contributed by atoms with Crippen LogP contribution in [0.5, 0.6) is 0 Å². The topological polar surface area (TPSA) is 136 Å². The normalized spacial score (nSPS) is 17.2. The van der Waals surface area contributed by atoms with Gasteiger partial charge in [0, 0.05) is 18.7 Å². The minimum Gasteiger partial charge on any atom is -0.453 e. The number of hydrogen-bond donors (Lipinski definition) is 3. The molecule has 0 bridgehead atoms. The molecule has 0 saturated carbocycles. The average Bonchev–Trinajstić information content (AvgIpc) is 4.08. The fourth-order valence-corrected chi connectivity index (χ4v) is 8.09. The molecule has 1 unspecified atom stereocenters. The summed E-state index contributed by atoms with van der Waals surface area (Å²) in [6.07, 6.45) is 4.82. The number of ether oxygens (including phenoxy) is 1. The number of alkyl carbamates (subject to hydrolysis) is 1. The number of likely N-dealkylation sites (tertiary alicyclic amines) is 2. The Hall–Kier alpha value is -6.20. The molecule has 0 aliphatic carbocycles. The first-order valence-corrected chi connectivity index (χ1v) is 19.3. The summed E-state index contributed by atoms with van der Waals surface area (Å²) in [5.74, 6) is 1.30. The second-order valence-corrected chi connectivity index (χ2v) is 14.6. The highest BCUT2D eigenvalue weighted by Crippen LogP contribution is 2.37. The summed E-state index contributed by atoms with van der Waals surface area (Å²) < 4.78 is 4.82. The first kappa shape index (κ1) is 36.8. The largest absolute Gasteiger partial charge is 0.453 e. The van der Waals surface area contributed by atoms with Crippen LogP contribution in [0.3, 0.4) is 0 Å². The molecule has 2 aromatic heterocycles. The number of rotatable bonds is 10. The Morgan fingerprint density at radius 1 is 0.768 bits per heavy atom. The SMILES string of the molecule is COC(=O)NC(C(=O)N1CCC[C@H]1c1ncc(-c2ccc(-c3ccc(-c4nc([C@@H]5CCCN5C(=O)Cc5ccccc5)[nH]c4Cl)cc3)cc2)[nH]1)c1ccccc1. The van der Waals surface area contributed by atoms with E-state index in [0.29, 0.717) is 47.6 Å². The van der Waals surface area contributed by atoms with Gasteiger partial charge in [0.05, 0.1) is 37.5 Å². The number of nitrogens with one attached hydrogen (secondary N) is 3. The Kier molecular flexibility index (Phi) is 10.7. The smallest absolute Gasteiger partial charge is 0.407 e. The third-order valence-electron chi connectivity index (χ3n) is 10.7. The molecular weight excluding hydrogens is 726 g/mol. The van der Waals surface area contributed by atoms with Gasteiger partial charge in [-0.1, -0.05) is 121 Å². The van der Waals surface area contributed by atoms with Crippen LogP contribution in [0.4, 0.5) is 4.79 Å². The van der Waals surface area contributed by atoms with Gasteiger partial charge in [0.1, 0.15) is 28.5 Å². The van der Waals surface area contributed by atoms with E-state index in [2.05, 4.69) is 39.6 Å². The Bertz CT molecular complexity index is 2310. The molecule has 6 aromatic rings. The fraction of sp³-hybridized carbons (Fsp3) is 0.250. The van der Waals surface area contributed by atoms with Crippen LogP contribution >= 0.6 is 11.6 Å². The quantitative estimate of drug-likeness (QED) is 0.128. The van der Waals surface area contributed by atoms with Crippen molar-refractivity contribution in [3.05, 3.63) is 143 Å². The van der Waals surface area contributed by atoms with Gasteiger partial charge in [-0.15, -0.1) is 0 Å². The molecule has 284 valence electrons. The number of amides is 3. The molecule has 0 radical (unpaired) electrons. The maximum absolute atomic E-state index is 13.9. The second kappa shape index (κ2) is 16.3. The van der Waals surface area contributed by atoms with Crippen LogP contribution in [0, 0.1) is 0 Å². The Morgan fingerprint density at radius 2 is 1.36 bits per heavy atom. The lowest BCUT2D eigenvalue weighted by molar-refractivity contribution is -0.134. The number of aromatic nitrogens is 4. The number of halogens is 1. The summed E-state index contributed by atoms with van der Waals surface area (Å²) in [6, 6.07) is 34.1. The van der Waals surface area contributed by atoms with Crippen LogP contribution in [-0.2, 0) is 20.7 Å². The van der Waals surface area contributed by atoms with E-state index < -0.39 is 12.1 Å². The van der Waals surface area contributed by atoms with E-state index in [9.17, 15) is 14.4 Å². The van der Waals surface area contributed by atoms with Crippen LogP contribution in [0.1, 0.15) is 66.6 Å². The monoisotopic (exact) mass is 767 g/mol. The van der Waals surface area contributed by atoms with Gasteiger partial charge in [0.15, 0.2) is 0 Å². The molecule has 2 aliphatic heterocycles. The van der Waals surface area contributed by atoms with Crippen molar-refractivity contribution in [3.8, 4) is 33.6 Å². The molecule has 0 spiro atoms. The summed E-state index contributed by atoms with van der Waals surface area (Å²) in [5, 5.41) is 3.17. The third-order valence-corrected chi connectivity index (χ3v) is 11.0. The van der Waals surface area contributed by atoms with E-state index in [1.165, 1.54) is 7.11 Å². The fourth-order valence-electron chi connectivity index (χ4n) is 7.85. The lowest BCUT2D eigenvalue weighted by Crippen LogP contribution is -2.42. The van der Waals surface area contributed by atoms with Gasteiger partial charge in [-0.05, 0) is 53.5 Å². The van der Waals surface area contributed by atoms with Crippen molar-refractivity contribution in [2.24, 2.45) is 0 Å². The van der Waals surface area contributed by atoms with Gasteiger partial charge in [-0.3, -0.25) is 9.59 Å². The van der Waals surface area contributed by atoms with Crippen molar-refractivity contribution >= 4 is 29.5 Å². The van der Waals surface area contributed by atoms with Crippen molar-refractivity contribution in [2.75, 3.05) is 20.2 Å². The zero-order valence-corrected chi connectivity index (χ0v) is 31.7. The number of hydrogen-bond acceptors (Lipinski definition) is 6. The van der Waals surface area contributed by atoms with Crippen LogP contribution in [0.2, 0.25) is 5.15 Å². The van der Waals surface area contributed by atoms with Crippen molar-refractivity contribution in [2.45, 2.75) is 50.2 Å². The maximum atomic E-state index is 13.9. The molecule has 2 aliphatic rings. The van der Waals surface area contributed by atoms with Gasteiger partial charge in [-0.2, -0.15) is 0 Å². The number of H-pyrrole nitrogens is 2. The number of aromatic amines is 2. The molecule has 2 fully saturated rings. The van der Waals surface area contributed by atoms with Crippen molar-refractivity contribution < 1.29 is 19.1 Å². The zero-order chi connectivity index (χ0) is 38.6. The summed E-state index contributed by atoms with van der Waals surface area (Å²) >= 11 is 6.71. The van der Waals surface area contributed by atoms with Gasteiger partial charge in [-0.25, -0.2) is 14.8 Å². The highest BCUT2D eigenvalue weighted by Gasteiger charge is 2.37. The molecule has 12 heteroatoms. The minimum absolute atomic E-state index is 0.0899. The summed E-state index contributed by atoms with van der Waals surface area (Å²) in [4.78, 5) is 59.3. The highest BCUT2D eigenvalue weighted by molar-refractivity contribution is 6.31. The van der Waals surface area contributed by atoms with Crippen molar-refractivity contribution in [3.63, 3.8) is 0 Å². The molecule has 4 heterocycles. The van der Waals surface area contributed by atoms with E-state index in [0.717, 1.165) is 59.2 Å². The molecular formula is C44H42ClN7O4. The predicted molar refractivity (Wildman–Crippen MR) is 214 cm³/mol. The molecule has 3 amide bonds.